The zero-order chi connectivity index (χ0) is 17.4. The van der Waals surface area contributed by atoms with Gasteiger partial charge in [0.1, 0.15) is 5.75 Å². The summed E-state index contributed by atoms with van der Waals surface area (Å²) in [4.78, 5) is 12.5. The van der Waals surface area contributed by atoms with Crippen LogP contribution < -0.4 is 15.4 Å². The van der Waals surface area contributed by atoms with Gasteiger partial charge < -0.3 is 20.5 Å². The molecule has 0 bridgehead atoms. The molecular formula is C20H22N2O3. The van der Waals surface area contributed by atoms with E-state index in [0.717, 1.165) is 22.4 Å². The summed E-state index contributed by atoms with van der Waals surface area (Å²) in [7, 11) is 0. The fourth-order valence-corrected chi connectivity index (χ4v) is 3.84. The van der Waals surface area contributed by atoms with Crippen LogP contribution in [0.2, 0.25) is 0 Å². The standard InChI is InChI=1S/C20H22N2O3/c1-12(16-11-25-18-9-5-4-8-15(16)18)21-20(24)22-19-14-7-3-2-6-13(14)10-17(19)23/h2-9,12,16-17,19,23H,10-11H2,1H3,(H2,21,22,24)/t12?,16?,17-,19+/m0/s1. The summed E-state index contributed by atoms with van der Waals surface area (Å²) < 4.78 is 5.70. The van der Waals surface area contributed by atoms with Crippen LogP contribution in [0.1, 0.15) is 35.6 Å². The van der Waals surface area contributed by atoms with Gasteiger partial charge in [0.15, 0.2) is 0 Å². The molecule has 0 radical (unpaired) electrons. The molecule has 0 saturated heterocycles. The Kier molecular flexibility index (Phi) is 4.09. The summed E-state index contributed by atoms with van der Waals surface area (Å²) in [6.07, 6.45) is -0.0189. The highest BCUT2D eigenvalue weighted by Gasteiger charge is 2.33. The molecular weight excluding hydrogens is 316 g/mol. The van der Waals surface area contributed by atoms with Crippen molar-refractivity contribution < 1.29 is 14.6 Å². The fourth-order valence-electron chi connectivity index (χ4n) is 3.84. The largest absolute Gasteiger partial charge is 0.493 e. The van der Waals surface area contributed by atoms with E-state index in [4.69, 9.17) is 4.74 Å². The molecule has 2 aromatic rings. The second-order valence-electron chi connectivity index (χ2n) is 6.81. The molecule has 2 unspecified atom stereocenters. The fraction of sp³-hybridized carbons (Fsp3) is 0.350. The summed E-state index contributed by atoms with van der Waals surface area (Å²) in [6, 6.07) is 15.1. The molecule has 2 aliphatic rings. The number of fused-ring (bicyclic) bond motifs is 2. The zero-order valence-electron chi connectivity index (χ0n) is 14.1. The van der Waals surface area contributed by atoms with Crippen LogP contribution >= 0.6 is 0 Å². The first kappa shape index (κ1) is 16.0. The van der Waals surface area contributed by atoms with Crippen molar-refractivity contribution in [3.8, 4) is 5.75 Å². The van der Waals surface area contributed by atoms with E-state index < -0.39 is 6.10 Å². The highest BCUT2D eigenvalue weighted by atomic mass is 16.5. The van der Waals surface area contributed by atoms with Crippen molar-refractivity contribution in [1.29, 1.82) is 0 Å². The third kappa shape index (κ3) is 2.96. The number of amides is 2. The number of benzene rings is 2. The van der Waals surface area contributed by atoms with E-state index >= 15 is 0 Å². The highest BCUT2D eigenvalue weighted by Crippen LogP contribution is 2.35. The van der Waals surface area contributed by atoms with Crippen molar-refractivity contribution in [1.82, 2.24) is 10.6 Å². The topological polar surface area (TPSA) is 70.6 Å². The lowest BCUT2D eigenvalue weighted by Gasteiger charge is -2.23. The van der Waals surface area contributed by atoms with Crippen molar-refractivity contribution in [2.45, 2.75) is 37.5 Å². The molecule has 4 rings (SSSR count). The van der Waals surface area contributed by atoms with Gasteiger partial charge in [-0.3, -0.25) is 0 Å². The van der Waals surface area contributed by atoms with Gasteiger partial charge in [-0.2, -0.15) is 0 Å². The molecule has 1 aliphatic heterocycles. The van der Waals surface area contributed by atoms with E-state index in [1.54, 1.807) is 0 Å². The van der Waals surface area contributed by atoms with Crippen LogP contribution in [0.15, 0.2) is 48.5 Å². The molecule has 2 aromatic carbocycles. The highest BCUT2D eigenvalue weighted by molar-refractivity contribution is 5.75. The molecule has 5 heteroatoms. The number of urea groups is 1. The minimum absolute atomic E-state index is 0.0718. The average Bonchev–Trinajstić information content (AvgIpc) is 3.16. The first-order chi connectivity index (χ1) is 12.1. The van der Waals surface area contributed by atoms with Crippen molar-refractivity contribution in [2.75, 3.05) is 6.61 Å². The molecule has 3 N–H and O–H groups in total. The van der Waals surface area contributed by atoms with E-state index in [2.05, 4.69) is 10.6 Å². The SMILES string of the molecule is CC(NC(=O)N[C@@H]1c2ccccc2C[C@@H]1O)C1COc2ccccc21. The maximum atomic E-state index is 12.5. The summed E-state index contributed by atoms with van der Waals surface area (Å²) in [6.45, 7) is 2.55. The van der Waals surface area contributed by atoms with Crippen molar-refractivity contribution in [2.24, 2.45) is 0 Å². The van der Waals surface area contributed by atoms with Gasteiger partial charge in [-0.25, -0.2) is 4.79 Å². The number of aliphatic hydroxyl groups is 1. The lowest BCUT2D eigenvalue weighted by molar-refractivity contribution is 0.141. The van der Waals surface area contributed by atoms with Gasteiger partial charge in [0.25, 0.3) is 0 Å². The second kappa shape index (κ2) is 6.41. The Morgan fingerprint density at radius 2 is 1.88 bits per heavy atom. The minimum atomic E-state index is -0.589. The normalized spacial score (nSPS) is 24.8. The molecule has 130 valence electrons. The Balaban J connectivity index is 1.41. The molecule has 1 aliphatic carbocycles. The van der Waals surface area contributed by atoms with Crippen molar-refractivity contribution >= 4 is 6.03 Å². The van der Waals surface area contributed by atoms with E-state index in [1.807, 2.05) is 55.5 Å². The molecule has 4 atom stereocenters. The lowest BCUT2D eigenvalue weighted by atomic mass is 9.94. The van der Waals surface area contributed by atoms with Crippen LogP contribution in [0.4, 0.5) is 4.79 Å². The van der Waals surface area contributed by atoms with Crippen LogP contribution in [0.3, 0.4) is 0 Å². The summed E-state index contributed by atoms with van der Waals surface area (Å²) in [5.74, 6) is 1.02. The van der Waals surface area contributed by atoms with Gasteiger partial charge in [0, 0.05) is 23.9 Å². The van der Waals surface area contributed by atoms with Crippen LogP contribution in [-0.4, -0.2) is 29.9 Å². The van der Waals surface area contributed by atoms with Crippen LogP contribution in [0.5, 0.6) is 5.75 Å². The van der Waals surface area contributed by atoms with Crippen molar-refractivity contribution in [3.63, 3.8) is 0 Å². The van der Waals surface area contributed by atoms with Crippen molar-refractivity contribution in [3.05, 3.63) is 65.2 Å². The van der Waals surface area contributed by atoms with Crippen LogP contribution in [0, 0.1) is 0 Å². The Morgan fingerprint density at radius 3 is 2.72 bits per heavy atom. The Bertz CT molecular complexity index is 792. The first-order valence-corrected chi connectivity index (χ1v) is 8.68. The van der Waals surface area contributed by atoms with Crippen LogP contribution in [-0.2, 0) is 6.42 Å². The summed E-state index contributed by atoms with van der Waals surface area (Å²) >= 11 is 0. The Hall–Kier alpha value is -2.53. The number of nitrogens with one attached hydrogen (secondary N) is 2. The quantitative estimate of drug-likeness (QED) is 0.805. The minimum Gasteiger partial charge on any atom is -0.493 e. The smallest absolute Gasteiger partial charge is 0.315 e. The van der Waals surface area contributed by atoms with Gasteiger partial charge in [0.2, 0.25) is 0 Å². The molecule has 0 fully saturated rings. The molecule has 0 saturated carbocycles. The molecule has 25 heavy (non-hydrogen) atoms. The Labute approximate surface area is 147 Å². The third-order valence-electron chi connectivity index (χ3n) is 5.19. The number of aliphatic hydroxyl groups excluding tert-OH is 1. The maximum Gasteiger partial charge on any atom is 0.315 e. The number of ether oxygens (including phenoxy) is 1. The number of rotatable bonds is 3. The Morgan fingerprint density at radius 1 is 1.16 bits per heavy atom. The van der Waals surface area contributed by atoms with Gasteiger partial charge in [0.05, 0.1) is 18.8 Å². The number of carbonyl (C=O) groups excluding carboxylic acids is 1. The van der Waals surface area contributed by atoms with E-state index in [-0.39, 0.29) is 24.0 Å². The zero-order valence-corrected chi connectivity index (χ0v) is 14.1. The number of hydrogen-bond donors (Lipinski definition) is 3. The maximum absolute atomic E-state index is 12.5. The number of para-hydroxylation sites is 1. The first-order valence-electron chi connectivity index (χ1n) is 8.68. The lowest BCUT2D eigenvalue weighted by Crippen LogP contribution is -2.46. The average molecular weight is 338 g/mol. The molecule has 5 nitrogen and oxygen atoms in total. The van der Waals surface area contributed by atoms with Gasteiger partial charge >= 0.3 is 6.03 Å². The third-order valence-corrected chi connectivity index (χ3v) is 5.19. The summed E-state index contributed by atoms with van der Waals surface area (Å²) in [5.41, 5.74) is 3.21. The predicted molar refractivity (Wildman–Crippen MR) is 94.7 cm³/mol. The van der Waals surface area contributed by atoms with Crippen LogP contribution in [0.25, 0.3) is 0 Å². The van der Waals surface area contributed by atoms with E-state index in [1.165, 1.54) is 0 Å². The van der Waals surface area contributed by atoms with Gasteiger partial charge in [-0.1, -0.05) is 42.5 Å². The molecule has 0 aromatic heterocycles. The predicted octanol–water partition coefficient (Wildman–Crippen LogP) is 2.51. The van der Waals surface area contributed by atoms with E-state index in [9.17, 15) is 9.90 Å². The monoisotopic (exact) mass is 338 g/mol. The second-order valence-corrected chi connectivity index (χ2v) is 6.81. The molecule has 1 heterocycles. The molecule has 0 spiro atoms. The number of hydrogen-bond acceptors (Lipinski definition) is 3. The number of carbonyl (C=O) groups is 1. The van der Waals surface area contributed by atoms with E-state index in [0.29, 0.717) is 13.0 Å². The molecule has 2 amide bonds. The van der Waals surface area contributed by atoms with Gasteiger partial charge in [-0.05, 0) is 24.1 Å². The van der Waals surface area contributed by atoms with Gasteiger partial charge in [-0.15, -0.1) is 0 Å². The summed E-state index contributed by atoms with van der Waals surface area (Å²) in [5, 5.41) is 16.2.